The molecule has 0 N–H and O–H groups in total. The summed E-state index contributed by atoms with van der Waals surface area (Å²) < 4.78 is 10.4. The number of rotatable bonds is 6. The zero-order valence-corrected chi connectivity index (χ0v) is 16.7. The molecule has 0 amide bonds. The largest absolute Gasteiger partial charge is 0.497 e. The number of benzene rings is 2. The van der Waals surface area contributed by atoms with E-state index in [9.17, 15) is 0 Å². The highest BCUT2D eigenvalue weighted by molar-refractivity contribution is 7.16. The summed E-state index contributed by atoms with van der Waals surface area (Å²) >= 11 is 1.69. The van der Waals surface area contributed by atoms with Crippen LogP contribution in [0.3, 0.4) is 0 Å². The topological polar surface area (TPSA) is 43.2 Å². The lowest BCUT2D eigenvalue weighted by Crippen LogP contribution is -1.90. The van der Waals surface area contributed by atoms with Gasteiger partial charge in [0.05, 0.1) is 37.0 Å². The van der Waals surface area contributed by atoms with Gasteiger partial charge in [0.1, 0.15) is 11.5 Å². The summed E-state index contributed by atoms with van der Waals surface area (Å²) in [6.45, 7) is 4.05. The zero-order chi connectivity index (χ0) is 19.2. The van der Waals surface area contributed by atoms with Gasteiger partial charge in [-0.25, -0.2) is 0 Å². The van der Waals surface area contributed by atoms with Crippen LogP contribution in [0.2, 0.25) is 0 Å². The van der Waals surface area contributed by atoms with Crippen LogP contribution in [-0.2, 0) is 0 Å². The van der Waals surface area contributed by atoms with Gasteiger partial charge < -0.3 is 9.47 Å². The van der Waals surface area contributed by atoms with E-state index >= 15 is 0 Å². The molecule has 4 nitrogen and oxygen atoms in total. The third kappa shape index (κ3) is 4.83. The maximum atomic E-state index is 5.18. The SMILES string of the molecule is COc1ccc(N=C(C)c2ccc(C(C)=Nc3ccc(OC)cc3)s2)cc1. The van der Waals surface area contributed by atoms with Crippen molar-refractivity contribution in [3.8, 4) is 11.5 Å². The van der Waals surface area contributed by atoms with E-state index in [-0.39, 0.29) is 0 Å². The molecule has 0 aliphatic carbocycles. The maximum Gasteiger partial charge on any atom is 0.119 e. The molecule has 0 atom stereocenters. The Hall–Kier alpha value is -2.92. The van der Waals surface area contributed by atoms with Gasteiger partial charge in [-0.05, 0) is 74.5 Å². The first-order valence-corrected chi connectivity index (χ1v) is 9.40. The second-order valence-corrected chi connectivity index (χ2v) is 7.04. The average molecular weight is 378 g/mol. The number of methoxy groups -OCH3 is 2. The van der Waals surface area contributed by atoms with E-state index in [1.807, 2.05) is 62.4 Å². The molecule has 2 aromatic carbocycles. The Morgan fingerprint density at radius 3 is 1.33 bits per heavy atom. The quantitative estimate of drug-likeness (QED) is 0.490. The standard InChI is InChI=1S/C22H22N2O2S/c1-15(23-17-5-9-19(25-3)10-6-17)21-13-14-22(27-21)16(2)24-18-7-11-20(26-4)12-8-18/h5-14H,1-4H3. The van der Waals surface area contributed by atoms with E-state index in [2.05, 4.69) is 12.1 Å². The predicted molar refractivity (Wildman–Crippen MR) is 114 cm³/mol. The summed E-state index contributed by atoms with van der Waals surface area (Å²) in [6.07, 6.45) is 0. The minimum absolute atomic E-state index is 0.829. The second kappa shape index (κ2) is 8.64. The van der Waals surface area contributed by atoms with Crippen molar-refractivity contribution in [2.75, 3.05) is 14.2 Å². The number of thiophene rings is 1. The minimum atomic E-state index is 0.829. The van der Waals surface area contributed by atoms with Crippen molar-refractivity contribution in [1.82, 2.24) is 0 Å². The van der Waals surface area contributed by atoms with E-state index < -0.39 is 0 Å². The molecule has 0 spiro atoms. The molecule has 0 bridgehead atoms. The molecule has 3 aromatic rings. The van der Waals surface area contributed by atoms with Crippen LogP contribution < -0.4 is 9.47 Å². The van der Waals surface area contributed by atoms with Crippen LogP contribution in [0.4, 0.5) is 11.4 Å². The van der Waals surface area contributed by atoms with E-state index in [0.717, 1.165) is 44.1 Å². The molecule has 138 valence electrons. The second-order valence-electron chi connectivity index (χ2n) is 5.95. The van der Waals surface area contributed by atoms with Gasteiger partial charge >= 0.3 is 0 Å². The molecule has 0 fully saturated rings. The van der Waals surface area contributed by atoms with Crippen molar-refractivity contribution in [1.29, 1.82) is 0 Å². The van der Waals surface area contributed by atoms with Crippen LogP contribution in [0.15, 0.2) is 70.6 Å². The van der Waals surface area contributed by atoms with Crippen molar-refractivity contribution in [2.45, 2.75) is 13.8 Å². The van der Waals surface area contributed by atoms with Crippen molar-refractivity contribution in [2.24, 2.45) is 9.98 Å². The molecule has 0 unspecified atom stereocenters. The minimum Gasteiger partial charge on any atom is -0.497 e. The molecule has 0 aliphatic rings. The van der Waals surface area contributed by atoms with Crippen LogP contribution in [0, 0.1) is 0 Å². The monoisotopic (exact) mass is 378 g/mol. The lowest BCUT2D eigenvalue weighted by Gasteiger charge is -2.01. The van der Waals surface area contributed by atoms with Gasteiger partial charge in [0, 0.05) is 9.75 Å². The first-order chi connectivity index (χ1) is 13.1. The summed E-state index contributed by atoms with van der Waals surface area (Å²) in [5.41, 5.74) is 3.78. The van der Waals surface area contributed by atoms with Crippen molar-refractivity contribution < 1.29 is 9.47 Å². The van der Waals surface area contributed by atoms with Gasteiger partial charge in [0.2, 0.25) is 0 Å². The lowest BCUT2D eigenvalue weighted by atomic mass is 10.2. The van der Waals surface area contributed by atoms with E-state index in [0.29, 0.717) is 0 Å². The Balaban J connectivity index is 1.77. The summed E-state index contributed by atoms with van der Waals surface area (Å²) in [7, 11) is 3.32. The Kier molecular flexibility index (Phi) is 6.04. The highest BCUT2D eigenvalue weighted by Gasteiger charge is 2.06. The fraction of sp³-hybridized carbons (Fsp3) is 0.182. The van der Waals surface area contributed by atoms with Gasteiger partial charge in [-0.3, -0.25) is 9.98 Å². The zero-order valence-electron chi connectivity index (χ0n) is 15.9. The normalized spacial score (nSPS) is 12.1. The van der Waals surface area contributed by atoms with Crippen molar-refractivity contribution in [3.05, 3.63) is 70.4 Å². The maximum absolute atomic E-state index is 5.18. The Labute approximate surface area is 163 Å². The first kappa shape index (κ1) is 18.9. The predicted octanol–water partition coefficient (Wildman–Crippen LogP) is 6.05. The Morgan fingerprint density at radius 1 is 0.630 bits per heavy atom. The molecule has 1 heterocycles. The van der Waals surface area contributed by atoms with Crippen molar-refractivity contribution >= 4 is 34.1 Å². The van der Waals surface area contributed by atoms with Gasteiger partial charge in [-0.1, -0.05) is 0 Å². The lowest BCUT2D eigenvalue weighted by molar-refractivity contribution is 0.415. The molecule has 0 saturated heterocycles. The summed E-state index contributed by atoms with van der Waals surface area (Å²) in [5.74, 6) is 1.66. The molecule has 0 saturated carbocycles. The molecule has 0 aliphatic heterocycles. The Bertz CT molecular complexity index is 877. The molecule has 0 radical (unpaired) electrons. The third-order valence-corrected chi connectivity index (χ3v) is 5.36. The summed E-state index contributed by atoms with van der Waals surface area (Å²) in [4.78, 5) is 11.7. The highest BCUT2D eigenvalue weighted by atomic mass is 32.1. The third-order valence-electron chi connectivity index (χ3n) is 4.06. The number of hydrogen-bond donors (Lipinski definition) is 0. The van der Waals surface area contributed by atoms with Crippen LogP contribution in [-0.4, -0.2) is 25.6 Å². The molecule has 27 heavy (non-hydrogen) atoms. The van der Waals surface area contributed by atoms with E-state index in [1.165, 1.54) is 0 Å². The highest BCUT2D eigenvalue weighted by Crippen LogP contribution is 2.24. The van der Waals surface area contributed by atoms with Gasteiger partial charge in [0.25, 0.3) is 0 Å². The fourth-order valence-corrected chi connectivity index (χ4v) is 3.43. The smallest absolute Gasteiger partial charge is 0.119 e. The molecule has 3 rings (SSSR count). The number of hydrogen-bond acceptors (Lipinski definition) is 5. The molecule has 1 aromatic heterocycles. The van der Waals surface area contributed by atoms with E-state index in [4.69, 9.17) is 19.5 Å². The average Bonchev–Trinajstić information content (AvgIpc) is 3.20. The summed E-state index contributed by atoms with van der Waals surface area (Å²) in [5, 5.41) is 0. The van der Waals surface area contributed by atoms with Crippen LogP contribution in [0.1, 0.15) is 23.6 Å². The molecular weight excluding hydrogens is 356 g/mol. The molecular formula is C22H22N2O2S. The van der Waals surface area contributed by atoms with Gasteiger partial charge in [-0.15, -0.1) is 11.3 Å². The van der Waals surface area contributed by atoms with E-state index in [1.54, 1.807) is 25.6 Å². The van der Waals surface area contributed by atoms with Crippen LogP contribution in [0.5, 0.6) is 11.5 Å². The number of ether oxygens (including phenoxy) is 2. The number of aliphatic imine (C=N–C) groups is 2. The summed E-state index contributed by atoms with van der Waals surface area (Å²) in [6, 6.07) is 19.6. The van der Waals surface area contributed by atoms with Crippen molar-refractivity contribution in [3.63, 3.8) is 0 Å². The van der Waals surface area contributed by atoms with Crippen LogP contribution >= 0.6 is 11.3 Å². The van der Waals surface area contributed by atoms with Gasteiger partial charge in [-0.2, -0.15) is 0 Å². The number of nitrogens with zero attached hydrogens (tertiary/aromatic N) is 2. The fourth-order valence-electron chi connectivity index (χ4n) is 2.54. The van der Waals surface area contributed by atoms with Gasteiger partial charge in [0.15, 0.2) is 0 Å². The molecule has 5 heteroatoms. The first-order valence-electron chi connectivity index (χ1n) is 8.58. The Morgan fingerprint density at radius 2 is 1.00 bits per heavy atom. The van der Waals surface area contributed by atoms with Crippen LogP contribution in [0.25, 0.3) is 0 Å².